The van der Waals surface area contributed by atoms with Crippen LogP contribution in [0.15, 0.2) is 54.7 Å². The summed E-state index contributed by atoms with van der Waals surface area (Å²) in [5.74, 6) is -0.753. The fraction of sp³-hybridized carbons (Fsp3) is 0.0556. The van der Waals surface area contributed by atoms with Crippen molar-refractivity contribution in [1.29, 1.82) is 0 Å². The summed E-state index contributed by atoms with van der Waals surface area (Å²) in [6.45, 7) is 1.59. The summed E-state index contributed by atoms with van der Waals surface area (Å²) in [5.41, 5.74) is 0.715. The Bertz CT molecular complexity index is 1140. The minimum atomic E-state index is -1.07. The number of amides is 2. The normalized spacial score (nSPS) is 10.3. The summed E-state index contributed by atoms with van der Waals surface area (Å²) in [4.78, 5) is 44.5. The average molecular weight is 411 g/mol. The van der Waals surface area contributed by atoms with Gasteiger partial charge in [-0.05, 0) is 31.2 Å². The van der Waals surface area contributed by atoms with Crippen molar-refractivity contribution in [3.63, 3.8) is 0 Å². The van der Waals surface area contributed by atoms with Crippen molar-refractivity contribution in [2.24, 2.45) is 0 Å². The highest BCUT2D eigenvalue weighted by Crippen LogP contribution is 2.19. The van der Waals surface area contributed by atoms with Crippen molar-refractivity contribution in [3.8, 4) is 11.4 Å². The Hall–Kier alpha value is -4.61. The molecule has 3 aromatic rings. The summed E-state index contributed by atoms with van der Waals surface area (Å²) in [6, 6.07) is 10.3. The van der Waals surface area contributed by atoms with Crippen molar-refractivity contribution in [3.05, 3.63) is 86.2 Å². The minimum absolute atomic E-state index is 0.0178. The Kier molecular flexibility index (Phi) is 5.49. The smallest absolute Gasteiger partial charge is 0.410 e. The molecule has 0 aliphatic carbocycles. The van der Waals surface area contributed by atoms with Crippen LogP contribution in [0.1, 0.15) is 16.1 Å². The molecule has 12 heteroatoms. The van der Waals surface area contributed by atoms with Crippen molar-refractivity contribution < 1.29 is 24.2 Å². The zero-order valence-corrected chi connectivity index (χ0v) is 15.3. The van der Waals surface area contributed by atoms with Gasteiger partial charge in [0, 0.05) is 24.3 Å². The molecule has 0 aliphatic rings. The number of imide groups is 1. The summed E-state index contributed by atoms with van der Waals surface area (Å²) >= 11 is 0. The maximum atomic E-state index is 12.4. The molecule has 152 valence electrons. The Balaban J connectivity index is 1.69. The molecule has 0 saturated heterocycles. The molecule has 0 unspecified atom stereocenters. The molecule has 0 saturated carbocycles. The lowest BCUT2D eigenvalue weighted by atomic mass is 10.2. The Morgan fingerprint density at radius 3 is 2.03 bits per heavy atom. The first kappa shape index (κ1) is 20.1. The number of nitro benzene ring substituents is 2. The second-order valence-electron chi connectivity index (χ2n) is 5.92. The van der Waals surface area contributed by atoms with Crippen LogP contribution in [-0.4, -0.2) is 31.6 Å². The number of nitro groups is 2. The quantitative estimate of drug-likeness (QED) is 0.495. The van der Waals surface area contributed by atoms with E-state index in [0.29, 0.717) is 11.4 Å². The summed E-state index contributed by atoms with van der Waals surface area (Å²) in [6.07, 6.45) is 0.168. The molecule has 1 aromatic heterocycles. The summed E-state index contributed by atoms with van der Waals surface area (Å²) in [5, 5.41) is 27.5. The third-order valence-corrected chi connectivity index (χ3v) is 4.03. The summed E-state index contributed by atoms with van der Waals surface area (Å²) < 4.78 is 6.31. The first-order chi connectivity index (χ1) is 14.3. The molecule has 12 nitrogen and oxygen atoms in total. The monoisotopic (exact) mass is 411 g/mol. The number of nitrogens with one attached hydrogen (secondary N) is 1. The second-order valence-corrected chi connectivity index (χ2v) is 5.92. The van der Waals surface area contributed by atoms with E-state index in [1.807, 2.05) is 5.32 Å². The molecule has 0 spiro atoms. The number of carbonyl (C=O) groups is 2. The second kappa shape index (κ2) is 8.18. The van der Waals surface area contributed by atoms with Gasteiger partial charge in [0.2, 0.25) is 0 Å². The van der Waals surface area contributed by atoms with E-state index in [-0.39, 0.29) is 22.7 Å². The molecule has 0 aliphatic heterocycles. The van der Waals surface area contributed by atoms with Crippen molar-refractivity contribution in [1.82, 2.24) is 15.1 Å². The number of hydrogen-bond acceptors (Lipinski definition) is 8. The maximum absolute atomic E-state index is 12.4. The summed E-state index contributed by atoms with van der Waals surface area (Å²) in [7, 11) is 0. The molecular weight excluding hydrogens is 398 g/mol. The highest BCUT2D eigenvalue weighted by atomic mass is 16.6. The molecule has 2 amide bonds. The molecule has 0 fully saturated rings. The number of benzene rings is 2. The predicted molar refractivity (Wildman–Crippen MR) is 102 cm³/mol. The van der Waals surface area contributed by atoms with Gasteiger partial charge in [-0.3, -0.25) is 30.3 Å². The number of aromatic nitrogens is 2. The van der Waals surface area contributed by atoms with Crippen molar-refractivity contribution in [2.45, 2.75) is 6.92 Å². The molecular formula is C18H13N5O7. The Labute approximate surface area is 168 Å². The molecule has 0 atom stereocenters. The van der Waals surface area contributed by atoms with Crippen LogP contribution in [0.5, 0.6) is 5.75 Å². The molecule has 2 aromatic carbocycles. The van der Waals surface area contributed by atoms with E-state index < -0.39 is 21.8 Å². The van der Waals surface area contributed by atoms with Crippen molar-refractivity contribution >= 4 is 23.4 Å². The van der Waals surface area contributed by atoms with Crippen LogP contribution < -0.4 is 10.1 Å². The zero-order valence-electron chi connectivity index (χ0n) is 15.3. The average Bonchev–Trinajstić information content (AvgIpc) is 3.09. The zero-order chi connectivity index (χ0) is 21.8. The fourth-order valence-corrected chi connectivity index (χ4v) is 2.54. The van der Waals surface area contributed by atoms with Gasteiger partial charge in [0.25, 0.3) is 17.3 Å². The van der Waals surface area contributed by atoms with Crippen LogP contribution in [0.25, 0.3) is 5.69 Å². The molecule has 30 heavy (non-hydrogen) atoms. The van der Waals surface area contributed by atoms with Gasteiger partial charge in [0.15, 0.2) is 0 Å². The number of carbonyl (C=O) groups excluding carboxylic acids is 2. The van der Waals surface area contributed by atoms with Gasteiger partial charge in [-0.1, -0.05) is 0 Å². The fourth-order valence-electron chi connectivity index (χ4n) is 2.54. The van der Waals surface area contributed by atoms with Crippen LogP contribution in [0, 0.1) is 27.2 Å². The third-order valence-electron chi connectivity index (χ3n) is 4.03. The largest absolute Gasteiger partial charge is 0.419 e. The van der Waals surface area contributed by atoms with E-state index in [2.05, 4.69) is 5.10 Å². The first-order valence-electron chi connectivity index (χ1n) is 8.33. The first-order valence-corrected chi connectivity index (χ1v) is 8.33. The van der Waals surface area contributed by atoms with Gasteiger partial charge in [0.1, 0.15) is 5.75 Å². The van der Waals surface area contributed by atoms with E-state index in [0.717, 1.165) is 12.1 Å². The highest BCUT2D eigenvalue weighted by Gasteiger charge is 2.19. The van der Waals surface area contributed by atoms with Crippen LogP contribution in [0.2, 0.25) is 0 Å². The van der Waals surface area contributed by atoms with Crippen molar-refractivity contribution in [2.75, 3.05) is 0 Å². The van der Waals surface area contributed by atoms with Gasteiger partial charge < -0.3 is 4.74 Å². The number of nitrogens with zero attached hydrogens (tertiary/aromatic N) is 4. The van der Waals surface area contributed by atoms with E-state index in [1.54, 1.807) is 6.92 Å². The van der Waals surface area contributed by atoms with Crippen LogP contribution >= 0.6 is 0 Å². The number of ether oxygens (including phenoxy) is 1. The van der Waals surface area contributed by atoms with Gasteiger partial charge >= 0.3 is 6.09 Å². The lowest BCUT2D eigenvalue weighted by Gasteiger charge is -2.07. The van der Waals surface area contributed by atoms with E-state index >= 15 is 0 Å². The maximum Gasteiger partial charge on any atom is 0.419 e. The van der Waals surface area contributed by atoms with Gasteiger partial charge in [-0.25, -0.2) is 9.48 Å². The van der Waals surface area contributed by atoms with E-state index in [1.165, 1.54) is 47.3 Å². The van der Waals surface area contributed by atoms with Crippen LogP contribution in [0.3, 0.4) is 0 Å². The topological polar surface area (TPSA) is 160 Å². The van der Waals surface area contributed by atoms with Gasteiger partial charge in [-0.2, -0.15) is 5.10 Å². The van der Waals surface area contributed by atoms with Crippen LogP contribution in [-0.2, 0) is 0 Å². The number of rotatable bonds is 5. The number of non-ortho nitro benzene ring substituents is 2. The van der Waals surface area contributed by atoms with Gasteiger partial charge in [0.05, 0.1) is 33.0 Å². The lowest BCUT2D eigenvalue weighted by Crippen LogP contribution is -2.33. The predicted octanol–water partition coefficient (Wildman–Crippen LogP) is 2.93. The highest BCUT2D eigenvalue weighted by molar-refractivity contribution is 6.03. The van der Waals surface area contributed by atoms with Crippen LogP contribution in [0.4, 0.5) is 16.2 Å². The molecule has 1 heterocycles. The molecule has 0 bridgehead atoms. The Morgan fingerprint density at radius 2 is 1.50 bits per heavy atom. The lowest BCUT2D eigenvalue weighted by molar-refractivity contribution is -0.385. The Morgan fingerprint density at radius 1 is 0.967 bits per heavy atom. The standard InChI is InChI=1S/C18H13N5O7/c1-11-16(10-19-21(11)12-2-4-13(5-3-12)22(26)27)17(24)20-18(25)30-15-8-6-14(7-9-15)23(28)29/h2-10H,1H3,(H,20,24,25). The molecule has 0 radical (unpaired) electrons. The van der Waals surface area contributed by atoms with E-state index in [4.69, 9.17) is 4.74 Å². The van der Waals surface area contributed by atoms with E-state index in [9.17, 15) is 29.8 Å². The SMILES string of the molecule is Cc1c(C(=O)NC(=O)Oc2ccc([N+](=O)[O-])cc2)cnn1-c1ccc([N+](=O)[O-])cc1. The minimum Gasteiger partial charge on any atom is -0.410 e. The molecule has 3 rings (SSSR count). The molecule has 1 N–H and O–H groups in total. The third kappa shape index (κ3) is 4.27. The number of hydrogen-bond donors (Lipinski definition) is 1. The van der Waals surface area contributed by atoms with Gasteiger partial charge in [-0.15, -0.1) is 0 Å².